The van der Waals surface area contributed by atoms with Crippen LogP contribution in [0.1, 0.15) is 6.92 Å². The van der Waals surface area contributed by atoms with Gasteiger partial charge in [0.25, 0.3) is 0 Å². The van der Waals surface area contributed by atoms with Crippen LogP contribution in [0.15, 0.2) is 53.4 Å². The molecule has 1 atom stereocenters. The lowest BCUT2D eigenvalue weighted by atomic mass is 10.2. The third-order valence-corrected chi connectivity index (χ3v) is 5.82. The van der Waals surface area contributed by atoms with E-state index in [-0.39, 0.29) is 11.9 Å². The molecule has 5 nitrogen and oxygen atoms in total. The maximum absolute atomic E-state index is 12.7. The summed E-state index contributed by atoms with van der Waals surface area (Å²) in [5, 5.41) is 3.08. The van der Waals surface area contributed by atoms with Crippen LogP contribution in [0.3, 0.4) is 0 Å². The topological polar surface area (TPSA) is 44.8 Å². The lowest BCUT2D eigenvalue weighted by molar-refractivity contribution is -0.120. The molecule has 27 heavy (non-hydrogen) atoms. The first-order valence-corrected chi connectivity index (χ1v) is 10.4. The Morgan fingerprint density at radius 3 is 2.56 bits per heavy atom. The molecule has 2 aromatic rings. The van der Waals surface area contributed by atoms with Crippen LogP contribution < -0.4 is 15.0 Å². The summed E-state index contributed by atoms with van der Waals surface area (Å²) in [4.78, 5) is 18.4. The van der Waals surface area contributed by atoms with Crippen LogP contribution in [0.5, 0.6) is 5.75 Å². The molecule has 0 aliphatic carbocycles. The molecule has 1 unspecified atom stereocenters. The van der Waals surface area contributed by atoms with Crippen LogP contribution >= 0.6 is 11.8 Å². The smallest absolute Gasteiger partial charge is 0.241 e. The average Bonchev–Trinajstić information content (AvgIpc) is 2.73. The number of piperazine rings is 1. The number of anilines is 2. The van der Waals surface area contributed by atoms with Gasteiger partial charge in [0.15, 0.2) is 0 Å². The number of thioether (sulfide) groups is 1. The molecule has 1 amide bonds. The van der Waals surface area contributed by atoms with Gasteiger partial charge >= 0.3 is 0 Å². The minimum atomic E-state index is -0.160. The van der Waals surface area contributed by atoms with E-state index >= 15 is 0 Å². The van der Waals surface area contributed by atoms with Crippen molar-refractivity contribution in [2.24, 2.45) is 0 Å². The second kappa shape index (κ2) is 9.15. The Kier molecular flexibility index (Phi) is 6.63. The number of hydrogen-bond acceptors (Lipinski definition) is 5. The number of nitrogens with zero attached hydrogens (tertiary/aromatic N) is 2. The number of para-hydroxylation sites is 1. The second-order valence-corrected chi connectivity index (χ2v) is 7.44. The van der Waals surface area contributed by atoms with E-state index in [1.54, 1.807) is 18.9 Å². The zero-order valence-electron chi connectivity index (χ0n) is 16.1. The van der Waals surface area contributed by atoms with Crippen molar-refractivity contribution >= 4 is 29.0 Å². The fourth-order valence-corrected chi connectivity index (χ4v) is 3.88. The Balaban J connectivity index is 1.57. The first kappa shape index (κ1) is 19.6. The maximum atomic E-state index is 12.7. The fraction of sp³-hybridized carbons (Fsp3) is 0.381. The van der Waals surface area contributed by atoms with Gasteiger partial charge in [0.2, 0.25) is 5.91 Å². The summed E-state index contributed by atoms with van der Waals surface area (Å²) in [5.41, 5.74) is 2.05. The number of ether oxygens (including phenoxy) is 1. The van der Waals surface area contributed by atoms with Gasteiger partial charge < -0.3 is 15.0 Å². The van der Waals surface area contributed by atoms with Crippen molar-refractivity contribution in [3.05, 3.63) is 48.5 Å². The fourth-order valence-electron chi connectivity index (χ4n) is 3.33. The minimum absolute atomic E-state index is 0.0475. The van der Waals surface area contributed by atoms with Crippen LogP contribution in [0.2, 0.25) is 0 Å². The molecule has 1 fully saturated rings. The average molecular weight is 386 g/mol. The summed E-state index contributed by atoms with van der Waals surface area (Å²) < 4.78 is 5.32. The monoisotopic (exact) mass is 385 g/mol. The lowest BCUT2D eigenvalue weighted by Crippen LogP contribution is -2.52. The number of carbonyl (C=O) groups excluding carboxylic acids is 1. The predicted molar refractivity (Wildman–Crippen MR) is 113 cm³/mol. The largest absolute Gasteiger partial charge is 0.497 e. The summed E-state index contributed by atoms with van der Waals surface area (Å²) in [6.07, 6.45) is 2.02. The van der Waals surface area contributed by atoms with Crippen molar-refractivity contribution in [3.8, 4) is 5.75 Å². The first-order valence-electron chi connectivity index (χ1n) is 9.19. The highest BCUT2D eigenvalue weighted by molar-refractivity contribution is 7.98. The van der Waals surface area contributed by atoms with Gasteiger partial charge in [-0.25, -0.2) is 0 Å². The highest BCUT2D eigenvalue weighted by atomic mass is 32.2. The predicted octanol–water partition coefficient (Wildman–Crippen LogP) is 3.57. The van der Waals surface area contributed by atoms with Crippen LogP contribution in [-0.2, 0) is 4.79 Å². The van der Waals surface area contributed by atoms with Gasteiger partial charge in [-0.2, -0.15) is 0 Å². The maximum Gasteiger partial charge on any atom is 0.241 e. The van der Waals surface area contributed by atoms with Crippen LogP contribution in [0.4, 0.5) is 11.4 Å². The zero-order chi connectivity index (χ0) is 19.2. The molecule has 1 aliphatic rings. The van der Waals surface area contributed by atoms with E-state index in [0.29, 0.717) is 0 Å². The number of hydrogen-bond donors (Lipinski definition) is 1. The molecular formula is C21H27N3O2S. The summed E-state index contributed by atoms with van der Waals surface area (Å²) in [6.45, 7) is 5.49. The van der Waals surface area contributed by atoms with Gasteiger partial charge in [-0.15, -0.1) is 11.8 Å². The van der Waals surface area contributed by atoms with E-state index in [2.05, 4.69) is 27.2 Å². The lowest BCUT2D eigenvalue weighted by Gasteiger charge is -2.38. The van der Waals surface area contributed by atoms with E-state index in [9.17, 15) is 4.79 Å². The highest BCUT2D eigenvalue weighted by Crippen LogP contribution is 2.25. The Labute approximate surface area is 165 Å². The van der Waals surface area contributed by atoms with Crippen molar-refractivity contribution < 1.29 is 9.53 Å². The molecule has 0 radical (unpaired) electrons. The Hall–Kier alpha value is -2.18. The molecular weight excluding hydrogens is 358 g/mol. The molecule has 1 saturated heterocycles. The Bertz CT molecular complexity index is 776. The summed E-state index contributed by atoms with van der Waals surface area (Å²) >= 11 is 1.64. The van der Waals surface area contributed by atoms with Gasteiger partial charge in [0.1, 0.15) is 5.75 Å². The van der Waals surface area contributed by atoms with Gasteiger partial charge in [0, 0.05) is 42.8 Å². The third kappa shape index (κ3) is 4.76. The summed E-state index contributed by atoms with van der Waals surface area (Å²) in [7, 11) is 1.69. The van der Waals surface area contributed by atoms with E-state index in [1.807, 2.05) is 49.6 Å². The third-order valence-electron chi connectivity index (χ3n) is 5.02. The van der Waals surface area contributed by atoms with E-state index in [4.69, 9.17) is 4.74 Å². The second-order valence-electron chi connectivity index (χ2n) is 6.59. The SMILES string of the molecule is COc1cccc(N2CCN(C(C)C(=O)Nc3ccccc3SC)CC2)c1. The van der Waals surface area contributed by atoms with Crippen molar-refractivity contribution in [2.45, 2.75) is 17.9 Å². The van der Waals surface area contributed by atoms with Crippen molar-refractivity contribution in [3.63, 3.8) is 0 Å². The van der Waals surface area contributed by atoms with E-state index < -0.39 is 0 Å². The van der Waals surface area contributed by atoms with Crippen molar-refractivity contribution in [2.75, 3.05) is 49.8 Å². The summed E-state index contributed by atoms with van der Waals surface area (Å²) in [5.74, 6) is 0.918. The Morgan fingerprint density at radius 1 is 1.11 bits per heavy atom. The highest BCUT2D eigenvalue weighted by Gasteiger charge is 2.26. The number of rotatable bonds is 6. The molecule has 1 heterocycles. The zero-order valence-corrected chi connectivity index (χ0v) is 17.0. The number of carbonyl (C=O) groups is 1. The molecule has 3 rings (SSSR count). The molecule has 0 saturated carbocycles. The van der Waals surface area contributed by atoms with Gasteiger partial charge in [-0.05, 0) is 37.4 Å². The Morgan fingerprint density at radius 2 is 1.85 bits per heavy atom. The molecule has 0 aromatic heterocycles. The molecule has 0 bridgehead atoms. The molecule has 2 aromatic carbocycles. The summed E-state index contributed by atoms with van der Waals surface area (Å²) in [6, 6.07) is 15.9. The quantitative estimate of drug-likeness (QED) is 0.770. The van der Waals surface area contributed by atoms with E-state index in [1.165, 1.54) is 5.69 Å². The molecule has 6 heteroatoms. The molecule has 1 N–H and O–H groups in total. The van der Waals surface area contributed by atoms with Gasteiger partial charge in [-0.1, -0.05) is 18.2 Å². The molecule has 144 valence electrons. The standard InChI is InChI=1S/C21H27N3O2S/c1-16(21(25)22-19-9-4-5-10-20(19)27-3)23-11-13-24(14-12-23)17-7-6-8-18(15-17)26-2/h4-10,15-16H,11-14H2,1-3H3,(H,22,25). The van der Waals surface area contributed by atoms with Gasteiger partial charge in [0.05, 0.1) is 18.8 Å². The number of benzene rings is 2. The minimum Gasteiger partial charge on any atom is -0.497 e. The van der Waals surface area contributed by atoms with Crippen molar-refractivity contribution in [1.82, 2.24) is 4.90 Å². The number of nitrogens with one attached hydrogen (secondary N) is 1. The van der Waals surface area contributed by atoms with Crippen LogP contribution in [0.25, 0.3) is 0 Å². The molecule has 0 spiro atoms. The normalized spacial score (nSPS) is 16.0. The van der Waals surface area contributed by atoms with Crippen LogP contribution in [-0.4, -0.2) is 56.4 Å². The van der Waals surface area contributed by atoms with Crippen molar-refractivity contribution in [1.29, 1.82) is 0 Å². The number of amides is 1. The molecule has 1 aliphatic heterocycles. The van der Waals surface area contributed by atoms with Gasteiger partial charge in [-0.3, -0.25) is 9.69 Å². The number of methoxy groups -OCH3 is 1. The first-order chi connectivity index (χ1) is 13.1. The van der Waals surface area contributed by atoms with Crippen LogP contribution in [0, 0.1) is 0 Å². The van der Waals surface area contributed by atoms with E-state index in [0.717, 1.165) is 42.5 Å².